The molecule has 6 unspecified atom stereocenters. The Balaban J connectivity index is 2.27. The lowest BCUT2D eigenvalue weighted by Crippen LogP contribution is -2.59. The SMILES string of the molecule is CCC/C=C\C/C=C\CCCCCCCCOCC(COC1OC(CO)C(O)C(O)C1O)OC(=O)CCCCCCCCC/C=C\CCCCCCCCC. The van der Waals surface area contributed by atoms with Gasteiger partial charge in [0.25, 0.3) is 0 Å². The molecule has 0 aromatic carbocycles. The van der Waals surface area contributed by atoms with Gasteiger partial charge in [0.1, 0.15) is 30.5 Å². The van der Waals surface area contributed by atoms with Crippen LogP contribution in [0.2, 0.25) is 0 Å². The molecule has 0 amide bonds. The van der Waals surface area contributed by atoms with Crippen molar-refractivity contribution >= 4 is 5.97 Å². The second-order valence-electron chi connectivity index (χ2n) is 15.5. The zero-order chi connectivity index (χ0) is 40.0. The van der Waals surface area contributed by atoms with Crippen LogP contribution in [0.5, 0.6) is 0 Å². The van der Waals surface area contributed by atoms with Crippen molar-refractivity contribution in [2.45, 2.75) is 224 Å². The van der Waals surface area contributed by atoms with Gasteiger partial charge in [-0.3, -0.25) is 4.79 Å². The Morgan fingerprint density at radius 3 is 1.65 bits per heavy atom. The number of allylic oxidation sites excluding steroid dienone is 6. The van der Waals surface area contributed by atoms with Crippen LogP contribution in [0, 0.1) is 0 Å². The zero-order valence-corrected chi connectivity index (χ0v) is 35.2. The van der Waals surface area contributed by atoms with E-state index in [-0.39, 0.29) is 19.2 Å². The lowest BCUT2D eigenvalue weighted by Gasteiger charge is -2.39. The van der Waals surface area contributed by atoms with E-state index in [1.165, 1.54) is 109 Å². The molecular weight excluding hydrogens is 696 g/mol. The number of ether oxygens (including phenoxy) is 4. The van der Waals surface area contributed by atoms with E-state index in [2.05, 4.69) is 50.3 Å². The van der Waals surface area contributed by atoms with Gasteiger partial charge in [0.2, 0.25) is 0 Å². The van der Waals surface area contributed by atoms with E-state index >= 15 is 0 Å². The van der Waals surface area contributed by atoms with Gasteiger partial charge in [0, 0.05) is 13.0 Å². The summed E-state index contributed by atoms with van der Waals surface area (Å²) in [6, 6.07) is 0. The van der Waals surface area contributed by atoms with Crippen LogP contribution >= 0.6 is 0 Å². The van der Waals surface area contributed by atoms with Crippen molar-refractivity contribution in [2.24, 2.45) is 0 Å². The Bertz CT molecular complexity index is 936. The Hall–Kier alpha value is -1.59. The summed E-state index contributed by atoms with van der Waals surface area (Å²) in [5.41, 5.74) is 0. The summed E-state index contributed by atoms with van der Waals surface area (Å²) in [7, 11) is 0. The van der Waals surface area contributed by atoms with Crippen LogP contribution in [0.4, 0.5) is 0 Å². The highest BCUT2D eigenvalue weighted by atomic mass is 16.7. The topological polar surface area (TPSA) is 135 Å². The van der Waals surface area contributed by atoms with Crippen LogP contribution in [-0.2, 0) is 23.7 Å². The van der Waals surface area contributed by atoms with Crippen LogP contribution < -0.4 is 0 Å². The van der Waals surface area contributed by atoms with Crippen molar-refractivity contribution in [3.8, 4) is 0 Å². The quantitative estimate of drug-likeness (QED) is 0.0274. The Morgan fingerprint density at radius 1 is 0.582 bits per heavy atom. The standard InChI is InChI=1S/C46H84O9/c1-3-5-7-9-11-13-15-17-19-20-21-22-23-25-27-29-31-33-35-42(48)54-40(39-53-46-45(51)44(50)43(49)41(37-47)55-46)38-52-36-34-32-30-28-26-24-18-16-14-12-10-8-6-4-2/h8,10,14,16,19-20,40-41,43-47,49-51H,3-7,9,11-13,15,17-18,21-39H2,1-2H3/b10-8-,16-14-,20-19-. The molecule has 0 saturated carbocycles. The van der Waals surface area contributed by atoms with Gasteiger partial charge in [0.05, 0.1) is 19.8 Å². The summed E-state index contributed by atoms with van der Waals surface area (Å²) in [5.74, 6) is -0.322. The highest BCUT2D eigenvalue weighted by molar-refractivity contribution is 5.69. The normalized spacial score (nSPS) is 21.0. The second-order valence-corrected chi connectivity index (χ2v) is 15.5. The highest BCUT2D eigenvalue weighted by Gasteiger charge is 2.44. The predicted octanol–water partition coefficient (Wildman–Crippen LogP) is 9.97. The molecule has 1 heterocycles. The monoisotopic (exact) mass is 781 g/mol. The Morgan fingerprint density at radius 2 is 1.09 bits per heavy atom. The van der Waals surface area contributed by atoms with Crippen molar-refractivity contribution in [1.29, 1.82) is 0 Å². The van der Waals surface area contributed by atoms with Gasteiger partial charge >= 0.3 is 5.97 Å². The van der Waals surface area contributed by atoms with Gasteiger partial charge in [-0.2, -0.15) is 0 Å². The van der Waals surface area contributed by atoms with E-state index in [9.17, 15) is 25.2 Å². The summed E-state index contributed by atoms with van der Waals surface area (Å²) in [4.78, 5) is 12.8. The first-order valence-corrected chi connectivity index (χ1v) is 22.6. The first-order chi connectivity index (χ1) is 26.9. The van der Waals surface area contributed by atoms with Crippen LogP contribution in [0.1, 0.15) is 187 Å². The zero-order valence-electron chi connectivity index (χ0n) is 35.2. The van der Waals surface area contributed by atoms with E-state index < -0.39 is 43.4 Å². The molecular formula is C46H84O9. The predicted molar refractivity (Wildman–Crippen MR) is 224 cm³/mol. The number of hydrogen-bond donors (Lipinski definition) is 4. The van der Waals surface area contributed by atoms with Crippen LogP contribution in [-0.4, -0.2) is 89.6 Å². The maximum Gasteiger partial charge on any atom is 0.306 e. The molecule has 6 atom stereocenters. The minimum Gasteiger partial charge on any atom is -0.457 e. The third kappa shape index (κ3) is 29.3. The van der Waals surface area contributed by atoms with E-state index in [0.717, 1.165) is 57.8 Å². The summed E-state index contributed by atoms with van der Waals surface area (Å²) >= 11 is 0. The molecule has 0 bridgehead atoms. The molecule has 1 aliphatic heterocycles. The number of rotatable bonds is 38. The molecule has 0 aromatic heterocycles. The molecule has 1 saturated heterocycles. The summed E-state index contributed by atoms with van der Waals surface area (Å²) in [6.07, 6.45) is 37.4. The summed E-state index contributed by atoms with van der Waals surface area (Å²) in [5, 5.41) is 40.1. The van der Waals surface area contributed by atoms with Crippen molar-refractivity contribution < 1.29 is 44.2 Å². The summed E-state index contributed by atoms with van der Waals surface area (Å²) < 4.78 is 22.8. The van der Waals surface area contributed by atoms with Gasteiger partial charge in [-0.05, 0) is 64.2 Å². The Labute approximate surface area is 336 Å². The molecule has 55 heavy (non-hydrogen) atoms. The van der Waals surface area contributed by atoms with Crippen LogP contribution in [0.3, 0.4) is 0 Å². The number of esters is 1. The fraction of sp³-hybridized carbons (Fsp3) is 0.848. The molecule has 1 aliphatic rings. The molecule has 1 rings (SSSR count). The average molecular weight is 781 g/mol. The number of carbonyl (C=O) groups excluding carboxylic acids is 1. The molecule has 322 valence electrons. The smallest absolute Gasteiger partial charge is 0.306 e. The number of hydrogen-bond acceptors (Lipinski definition) is 9. The number of carbonyl (C=O) groups is 1. The van der Waals surface area contributed by atoms with Crippen molar-refractivity contribution in [2.75, 3.05) is 26.4 Å². The maximum atomic E-state index is 12.8. The third-order valence-corrected chi connectivity index (χ3v) is 10.3. The van der Waals surface area contributed by atoms with E-state index in [4.69, 9.17) is 18.9 Å². The van der Waals surface area contributed by atoms with Gasteiger partial charge in [-0.25, -0.2) is 0 Å². The van der Waals surface area contributed by atoms with Crippen molar-refractivity contribution in [1.82, 2.24) is 0 Å². The lowest BCUT2D eigenvalue weighted by atomic mass is 9.99. The number of unbranched alkanes of at least 4 members (excludes halogenated alkanes) is 21. The summed E-state index contributed by atoms with van der Waals surface area (Å²) in [6.45, 7) is 4.47. The average Bonchev–Trinajstić information content (AvgIpc) is 3.18. The van der Waals surface area contributed by atoms with E-state index in [1.807, 2.05) is 0 Å². The Kier molecular flexibility index (Phi) is 35.5. The van der Waals surface area contributed by atoms with E-state index in [1.54, 1.807) is 0 Å². The third-order valence-electron chi connectivity index (χ3n) is 10.3. The van der Waals surface area contributed by atoms with Gasteiger partial charge in [0.15, 0.2) is 6.29 Å². The molecule has 4 N–H and O–H groups in total. The van der Waals surface area contributed by atoms with Gasteiger partial charge in [-0.15, -0.1) is 0 Å². The first-order valence-electron chi connectivity index (χ1n) is 22.6. The molecule has 1 fully saturated rings. The molecule has 9 heteroatoms. The molecule has 0 aromatic rings. The second kappa shape index (κ2) is 38.0. The lowest BCUT2D eigenvalue weighted by molar-refractivity contribution is -0.305. The molecule has 0 aliphatic carbocycles. The number of aliphatic hydroxyl groups excluding tert-OH is 4. The van der Waals surface area contributed by atoms with Crippen LogP contribution in [0.15, 0.2) is 36.5 Å². The van der Waals surface area contributed by atoms with Crippen molar-refractivity contribution in [3.05, 3.63) is 36.5 Å². The van der Waals surface area contributed by atoms with Crippen molar-refractivity contribution in [3.63, 3.8) is 0 Å². The molecule has 9 nitrogen and oxygen atoms in total. The number of aliphatic hydroxyl groups is 4. The van der Waals surface area contributed by atoms with Gasteiger partial charge < -0.3 is 39.4 Å². The maximum absolute atomic E-state index is 12.8. The largest absolute Gasteiger partial charge is 0.457 e. The first kappa shape index (κ1) is 51.4. The van der Waals surface area contributed by atoms with Gasteiger partial charge in [-0.1, -0.05) is 153 Å². The minimum atomic E-state index is -1.54. The fourth-order valence-corrected chi connectivity index (χ4v) is 6.70. The van der Waals surface area contributed by atoms with Crippen LogP contribution in [0.25, 0.3) is 0 Å². The minimum absolute atomic E-state index is 0.119. The molecule has 0 radical (unpaired) electrons. The fourth-order valence-electron chi connectivity index (χ4n) is 6.70. The molecule has 0 spiro atoms. The highest BCUT2D eigenvalue weighted by Crippen LogP contribution is 2.22. The van der Waals surface area contributed by atoms with E-state index in [0.29, 0.717) is 13.0 Å².